The van der Waals surface area contributed by atoms with Crippen LogP contribution in [0.4, 0.5) is 5.69 Å². The maximum Gasteiger partial charge on any atom is 0.264 e. The summed E-state index contributed by atoms with van der Waals surface area (Å²) in [5, 5.41) is 5.56. The lowest BCUT2D eigenvalue weighted by molar-refractivity contribution is -0.125. The molecule has 182 valence electrons. The Morgan fingerprint density at radius 1 is 0.941 bits per heavy atom. The molecule has 0 radical (unpaired) electrons. The Kier molecular flexibility index (Phi) is 9.83. The molecule has 2 rings (SSSR count). The molecule has 0 aliphatic heterocycles. The smallest absolute Gasteiger partial charge is 0.264 e. The van der Waals surface area contributed by atoms with Gasteiger partial charge in [-0.1, -0.05) is 50.6 Å². The molecule has 10 heteroatoms. The Bertz CT molecular complexity index is 1050. The Morgan fingerprint density at radius 2 is 1.59 bits per heavy atom. The van der Waals surface area contributed by atoms with Crippen molar-refractivity contribution in [1.29, 1.82) is 0 Å². The first-order chi connectivity index (χ1) is 16.0. The zero-order valence-corrected chi connectivity index (χ0v) is 21.2. The zero-order chi connectivity index (χ0) is 25.3. The van der Waals surface area contributed by atoms with Crippen LogP contribution in [0.15, 0.2) is 42.5 Å². The third kappa shape index (κ3) is 8.99. The number of thiocarbonyl (C=S) groups is 1. The number of nitrogens with one attached hydrogen (secondary N) is 4. The molecule has 0 unspecified atom stereocenters. The number of carbonyl (C=O) groups excluding carboxylic acids is 3. The molecule has 0 spiro atoms. The molecule has 0 aliphatic carbocycles. The van der Waals surface area contributed by atoms with Crippen molar-refractivity contribution in [3.05, 3.63) is 58.6 Å². The summed E-state index contributed by atoms with van der Waals surface area (Å²) in [6.45, 7) is 7.88. The van der Waals surface area contributed by atoms with E-state index in [2.05, 4.69) is 42.3 Å². The van der Waals surface area contributed by atoms with Crippen LogP contribution in [-0.2, 0) is 19.8 Å². The van der Waals surface area contributed by atoms with E-state index < -0.39 is 11.8 Å². The molecule has 0 aliphatic rings. The predicted molar refractivity (Wildman–Crippen MR) is 137 cm³/mol. The van der Waals surface area contributed by atoms with Crippen molar-refractivity contribution in [3.63, 3.8) is 0 Å². The van der Waals surface area contributed by atoms with Crippen LogP contribution in [0.5, 0.6) is 5.75 Å². The summed E-state index contributed by atoms with van der Waals surface area (Å²) in [4.78, 5) is 36.0. The molecular weight excluding hydrogens is 476 g/mol. The van der Waals surface area contributed by atoms with Crippen LogP contribution in [0.2, 0.25) is 5.02 Å². The van der Waals surface area contributed by atoms with Crippen molar-refractivity contribution in [3.8, 4) is 5.75 Å². The van der Waals surface area contributed by atoms with Gasteiger partial charge in [-0.25, -0.2) is 0 Å². The van der Waals surface area contributed by atoms with Gasteiger partial charge in [-0.2, -0.15) is 0 Å². The maximum absolute atomic E-state index is 12.1. The molecule has 0 atom stereocenters. The second-order valence-corrected chi connectivity index (χ2v) is 9.39. The van der Waals surface area contributed by atoms with Gasteiger partial charge in [0.2, 0.25) is 11.8 Å². The molecule has 0 bridgehead atoms. The van der Waals surface area contributed by atoms with Gasteiger partial charge in [0, 0.05) is 23.6 Å². The lowest BCUT2D eigenvalue weighted by atomic mass is 9.87. The maximum atomic E-state index is 12.1. The van der Waals surface area contributed by atoms with Gasteiger partial charge < -0.3 is 10.1 Å². The summed E-state index contributed by atoms with van der Waals surface area (Å²) in [6, 6.07) is 12.7. The second-order valence-electron chi connectivity index (χ2n) is 8.57. The van der Waals surface area contributed by atoms with Gasteiger partial charge in [0.15, 0.2) is 11.7 Å². The Morgan fingerprint density at radius 3 is 2.24 bits per heavy atom. The van der Waals surface area contributed by atoms with Gasteiger partial charge in [0.1, 0.15) is 5.75 Å². The van der Waals surface area contributed by atoms with Crippen molar-refractivity contribution < 1.29 is 19.1 Å². The molecule has 3 amide bonds. The van der Waals surface area contributed by atoms with E-state index in [9.17, 15) is 14.4 Å². The van der Waals surface area contributed by atoms with E-state index in [0.717, 1.165) is 11.1 Å². The van der Waals surface area contributed by atoms with Crippen LogP contribution in [0.25, 0.3) is 0 Å². The molecule has 0 saturated carbocycles. The molecule has 0 fully saturated rings. The molecule has 8 nitrogen and oxygen atoms in total. The van der Waals surface area contributed by atoms with Crippen molar-refractivity contribution in [1.82, 2.24) is 16.2 Å². The fraction of sp³-hybridized carbons (Fsp3) is 0.333. The average Bonchev–Trinajstić information content (AvgIpc) is 2.77. The van der Waals surface area contributed by atoms with Gasteiger partial charge >= 0.3 is 0 Å². The zero-order valence-electron chi connectivity index (χ0n) is 19.6. The van der Waals surface area contributed by atoms with Gasteiger partial charge in [0.05, 0.1) is 0 Å². The van der Waals surface area contributed by atoms with E-state index >= 15 is 0 Å². The summed E-state index contributed by atoms with van der Waals surface area (Å²) in [5.74, 6) is -0.724. The highest BCUT2D eigenvalue weighted by Crippen LogP contribution is 2.24. The molecule has 2 aromatic rings. The topological polar surface area (TPSA) is 109 Å². The monoisotopic (exact) mass is 504 g/mol. The fourth-order valence-electron chi connectivity index (χ4n) is 2.77. The Labute approximate surface area is 209 Å². The number of hydrogen-bond acceptors (Lipinski definition) is 5. The van der Waals surface area contributed by atoms with Crippen LogP contribution < -0.4 is 26.2 Å². The third-order valence-corrected chi connectivity index (χ3v) is 5.39. The van der Waals surface area contributed by atoms with Crippen LogP contribution in [0.1, 0.15) is 44.7 Å². The molecule has 4 N–H and O–H groups in total. The van der Waals surface area contributed by atoms with Crippen molar-refractivity contribution in [2.45, 2.75) is 46.0 Å². The SMILES string of the molecule is Cc1c(Cl)cccc1NC(=O)CCC(=O)NNC(=S)NC(=O)COc1ccc(C(C)(C)C)cc1. The van der Waals surface area contributed by atoms with E-state index in [4.69, 9.17) is 28.6 Å². The molecular formula is C24H29ClN4O4S. The number of benzene rings is 2. The van der Waals surface area contributed by atoms with Crippen molar-refractivity contribution in [2.75, 3.05) is 11.9 Å². The Hall–Kier alpha value is -3.17. The molecule has 2 aromatic carbocycles. The number of hydrazine groups is 1. The van der Waals surface area contributed by atoms with Gasteiger partial charge in [-0.15, -0.1) is 0 Å². The molecule has 0 aromatic heterocycles. The number of rotatable bonds is 7. The number of hydrogen-bond donors (Lipinski definition) is 4. The van der Waals surface area contributed by atoms with Crippen molar-refractivity contribution >= 4 is 52.3 Å². The van der Waals surface area contributed by atoms with Gasteiger partial charge in [-0.3, -0.25) is 30.6 Å². The van der Waals surface area contributed by atoms with Crippen LogP contribution in [-0.4, -0.2) is 29.4 Å². The number of carbonyl (C=O) groups is 3. The second kappa shape index (κ2) is 12.3. The van der Waals surface area contributed by atoms with E-state index in [1.165, 1.54) is 0 Å². The summed E-state index contributed by atoms with van der Waals surface area (Å²) < 4.78 is 5.45. The Balaban J connectivity index is 1.66. The highest BCUT2D eigenvalue weighted by molar-refractivity contribution is 7.80. The third-order valence-electron chi connectivity index (χ3n) is 4.78. The molecule has 34 heavy (non-hydrogen) atoms. The van der Waals surface area contributed by atoms with Crippen LogP contribution in [0.3, 0.4) is 0 Å². The summed E-state index contributed by atoms with van der Waals surface area (Å²) in [6.07, 6.45) is -0.122. The quantitative estimate of drug-likeness (QED) is 0.337. The minimum atomic E-state index is -0.483. The van der Waals surface area contributed by atoms with Crippen LogP contribution >= 0.6 is 23.8 Å². The number of halogens is 1. The first-order valence-corrected chi connectivity index (χ1v) is 11.4. The normalized spacial score (nSPS) is 10.7. The number of anilines is 1. The van der Waals surface area contributed by atoms with Crippen molar-refractivity contribution in [2.24, 2.45) is 0 Å². The fourth-order valence-corrected chi connectivity index (χ4v) is 3.11. The lowest BCUT2D eigenvalue weighted by Gasteiger charge is -2.19. The van der Waals surface area contributed by atoms with Gasteiger partial charge in [-0.05, 0) is 59.9 Å². The summed E-state index contributed by atoms with van der Waals surface area (Å²) >= 11 is 11.0. The minimum Gasteiger partial charge on any atom is -0.484 e. The van der Waals surface area contributed by atoms with E-state index in [0.29, 0.717) is 16.5 Å². The average molecular weight is 505 g/mol. The molecule has 0 saturated heterocycles. The highest BCUT2D eigenvalue weighted by Gasteiger charge is 2.14. The first kappa shape index (κ1) is 27.1. The van der Waals surface area contributed by atoms with Crippen LogP contribution in [0, 0.1) is 6.92 Å². The summed E-state index contributed by atoms with van der Waals surface area (Å²) in [5.41, 5.74) is 7.27. The van der Waals surface area contributed by atoms with E-state index in [-0.39, 0.29) is 35.9 Å². The molecule has 0 heterocycles. The highest BCUT2D eigenvalue weighted by atomic mass is 35.5. The lowest BCUT2D eigenvalue weighted by Crippen LogP contribution is -2.49. The van der Waals surface area contributed by atoms with Gasteiger partial charge in [0.25, 0.3) is 5.91 Å². The van der Waals surface area contributed by atoms with E-state index in [1.54, 1.807) is 37.3 Å². The van der Waals surface area contributed by atoms with E-state index in [1.807, 2.05) is 12.1 Å². The number of amides is 3. The summed E-state index contributed by atoms with van der Waals surface area (Å²) in [7, 11) is 0. The standard InChI is InChI=1S/C24H29ClN4O4S/c1-15-18(25)6-5-7-19(15)26-20(30)12-13-21(31)28-29-23(34)27-22(32)14-33-17-10-8-16(9-11-17)24(2,3)4/h5-11H,12-14H2,1-4H3,(H,26,30)(H,28,31)(H2,27,29,32,34). The minimum absolute atomic E-state index is 0.0250. The predicted octanol–water partition coefficient (Wildman–Crippen LogP) is 3.77. The number of ether oxygens (including phenoxy) is 1. The largest absolute Gasteiger partial charge is 0.484 e. The first-order valence-electron chi connectivity index (χ1n) is 10.6.